The zero-order chi connectivity index (χ0) is 23.8. The van der Waals surface area contributed by atoms with Crippen LogP contribution in [-0.2, 0) is 13.1 Å². The number of rotatable bonds is 4. The van der Waals surface area contributed by atoms with E-state index in [0.717, 1.165) is 12.1 Å². The number of nitrogens with one attached hydrogen (secondary N) is 1. The number of carbonyl (C=O) groups excluding carboxylic acids is 2. The largest absolute Gasteiger partial charge is 0.573 e. The van der Waals surface area contributed by atoms with Crippen molar-refractivity contribution in [3.05, 3.63) is 64.8 Å². The second kappa shape index (κ2) is 8.66. The van der Waals surface area contributed by atoms with Crippen molar-refractivity contribution >= 4 is 29.2 Å². The number of hydrogen-bond acceptors (Lipinski definition) is 4. The number of ether oxygens (including phenoxy) is 1. The van der Waals surface area contributed by atoms with Crippen LogP contribution in [0.15, 0.2) is 48.5 Å². The van der Waals surface area contributed by atoms with Gasteiger partial charge in [-0.3, -0.25) is 9.48 Å². The van der Waals surface area contributed by atoms with Gasteiger partial charge in [-0.2, -0.15) is 5.10 Å². The summed E-state index contributed by atoms with van der Waals surface area (Å²) in [7, 11) is 0. The molecular weight excluding hydrogens is 463 g/mol. The van der Waals surface area contributed by atoms with Crippen molar-refractivity contribution < 1.29 is 27.5 Å². The topological polar surface area (TPSA) is 102 Å². The first-order valence-corrected chi connectivity index (χ1v) is 10.1. The second-order valence-electron chi connectivity index (χ2n) is 7.19. The van der Waals surface area contributed by atoms with E-state index in [-0.39, 0.29) is 17.8 Å². The van der Waals surface area contributed by atoms with Crippen LogP contribution >= 0.6 is 11.6 Å². The molecular formula is C21H17ClF3N5O3. The number of alkyl halides is 3. The lowest BCUT2D eigenvalue weighted by molar-refractivity contribution is -0.274. The van der Waals surface area contributed by atoms with E-state index in [1.807, 2.05) is 0 Å². The monoisotopic (exact) mass is 479 g/mol. The minimum absolute atomic E-state index is 0.0624. The first kappa shape index (κ1) is 22.5. The van der Waals surface area contributed by atoms with Crippen LogP contribution in [0.2, 0.25) is 5.02 Å². The highest BCUT2D eigenvalue weighted by molar-refractivity contribution is 6.30. The average Bonchev–Trinajstić information content (AvgIpc) is 3.13. The molecule has 0 saturated carbocycles. The summed E-state index contributed by atoms with van der Waals surface area (Å²) in [5.74, 6) is -1.09. The number of carbonyl (C=O) groups is 2. The van der Waals surface area contributed by atoms with E-state index in [9.17, 15) is 22.8 Å². The second-order valence-corrected chi connectivity index (χ2v) is 7.63. The Labute approximate surface area is 190 Å². The fourth-order valence-electron chi connectivity index (χ4n) is 3.53. The molecule has 0 bridgehead atoms. The normalized spacial score (nSPS) is 13.4. The Kier molecular flexibility index (Phi) is 5.90. The number of hydrogen-bond donors (Lipinski definition) is 2. The number of anilines is 1. The van der Waals surface area contributed by atoms with Gasteiger partial charge >= 0.3 is 12.4 Å². The zero-order valence-electron chi connectivity index (χ0n) is 16.9. The maximum atomic E-state index is 12.7. The van der Waals surface area contributed by atoms with Gasteiger partial charge in [-0.1, -0.05) is 23.7 Å². The fourth-order valence-corrected chi connectivity index (χ4v) is 3.72. The van der Waals surface area contributed by atoms with Gasteiger partial charge in [0.1, 0.15) is 11.4 Å². The van der Waals surface area contributed by atoms with Crippen LogP contribution < -0.4 is 15.8 Å². The van der Waals surface area contributed by atoms with Crippen LogP contribution in [-0.4, -0.2) is 39.5 Å². The fraction of sp³-hybridized carbons (Fsp3) is 0.190. The van der Waals surface area contributed by atoms with E-state index in [4.69, 9.17) is 17.3 Å². The molecule has 0 aliphatic carbocycles. The molecule has 0 spiro atoms. The van der Waals surface area contributed by atoms with E-state index >= 15 is 0 Å². The molecule has 3 N–H and O–H groups in total. The highest BCUT2D eigenvalue weighted by atomic mass is 35.5. The van der Waals surface area contributed by atoms with Crippen molar-refractivity contribution in [1.29, 1.82) is 0 Å². The lowest BCUT2D eigenvalue weighted by Gasteiger charge is -2.28. The van der Waals surface area contributed by atoms with Crippen LogP contribution in [0.1, 0.15) is 16.1 Å². The van der Waals surface area contributed by atoms with Crippen LogP contribution in [0.25, 0.3) is 11.3 Å². The summed E-state index contributed by atoms with van der Waals surface area (Å²) in [6.45, 7) is 0.678. The van der Waals surface area contributed by atoms with Crippen molar-refractivity contribution in [2.45, 2.75) is 19.5 Å². The summed E-state index contributed by atoms with van der Waals surface area (Å²) in [4.78, 5) is 26.4. The highest BCUT2D eigenvalue weighted by Crippen LogP contribution is 2.30. The van der Waals surface area contributed by atoms with Crippen molar-refractivity contribution in [2.75, 3.05) is 11.9 Å². The Morgan fingerprint density at radius 2 is 1.85 bits per heavy atom. The van der Waals surface area contributed by atoms with Gasteiger partial charge in [-0.05, 0) is 36.4 Å². The lowest BCUT2D eigenvalue weighted by atomic mass is 10.0. The molecule has 0 radical (unpaired) electrons. The molecule has 172 valence electrons. The van der Waals surface area contributed by atoms with E-state index in [2.05, 4.69) is 15.2 Å². The lowest BCUT2D eigenvalue weighted by Crippen LogP contribution is -2.41. The molecule has 3 amide bonds. The smallest absolute Gasteiger partial charge is 0.406 e. The van der Waals surface area contributed by atoms with Crippen molar-refractivity contribution in [3.63, 3.8) is 0 Å². The number of aromatic nitrogens is 2. The van der Waals surface area contributed by atoms with Gasteiger partial charge < -0.3 is 20.7 Å². The van der Waals surface area contributed by atoms with Gasteiger partial charge in [-0.25, -0.2) is 4.79 Å². The third-order valence-electron chi connectivity index (χ3n) is 4.95. The summed E-state index contributed by atoms with van der Waals surface area (Å²) in [6.07, 6.45) is -4.80. The first-order chi connectivity index (χ1) is 15.6. The molecule has 3 aromatic rings. The molecule has 33 heavy (non-hydrogen) atoms. The number of fused-ring (bicyclic) bond motifs is 1. The quantitative estimate of drug-likeness (QED) is 0.584. The SMILES string of the molecule is NC(=O)c1c(-c2cccc(Cl)c2)nn2c1CN(C(=O)Nc1ccc(OC(F)(F)F)cc1)CC2. The van der Waals surface area contributed by atoms with Crippen LogP contribution in [0, 0.1) is 0 Å². The van der Waals surface area contributed by atoms with Crippen LogP contribution in [0.4, 0.5) is 23.7 Å². The number of halogens is 4. The minimum atomic E-state index is -4.80. The molecule has 12 heteroatoms. The maximum Gasteiger partial charge on any atom is 0.573 e. The number of nitrogens with two attached hydrogens (primary N) is 1. The van der Waals surface area contributed by atoms with E-state index in [1.54, 1.807) is 28.9 Å². The summed E-state index contributed by atoms with van der Waals surface area (Å²) in [6, 6.07) is 11.1. The van der Waals surface area contributed by atoms with Crippen LogP contribution in [0.3, 0.4) is 0 Å². The molecule has 1 aliphatic heterocycles. The summed E-state index contributed by atoms with van der Waals surface area (Å²) >= 11 is 6.06. The predicted molar refractivity (Wildman–Crippen MR) is 114 cm³/mol. The summed E-state index contributed by atoms with van der Waals surface area (Å²) < 4.78 is 42.3. The third-order valence-corrected chi connectivity index (χ3v) is 5.19. The molecule has 8 nitrogen and oxygen atoms in total. The molecule has 0 unspecified atom stereocenters. The third kappa shape index (κ3) is 5.03. The van der Waals surface area contributed by atoms with Crippen LogP contribution in [0.5, 0.6) is 5.75 Å². The molecule has 0 saturated heterocycles. The van der Waals surface area contributed by atoms with E-state index < -0.39 is 24.1 Å². The van der Waals surface area contributed by atoms with E-state index in [1.165, 1.54) is 17.0 Å². The average molecular weight is 480 g/mol. The number of benzene rings is 2. The Bertz CT molecular complexity index is 1210. The first-order valence-electron chi connectivity index (χ1n) is 9.68. The van der Waals surface area contributed by atoms with Gasteiger partial charge in [0.2, 0.25) is 0 Å². The molecule has 4 rings (SSSR count). The molecule has 1 aliphatic rings. The number of urea groups is 1. The number of amides is 3. The zero-order valence-corrected chi connectivity index (χ0v) is 17.7. The van der Waals surface area contributed by atoms with Gasteiger partial charge in [0.15, 0.2) is 0 Å². The Balaban J connectivity index is 1.52. The van der Waals surface area contributed by atoms with Gasteiger partial charge in [0.25, 0.3) is 5.91 Å². The Morgan fingerprint density at radius 3 is 2.48 bits per heavy atom. The molecule has 2 heterocycles. The van der Waals surface area contributed by atoms with Crippen molar-refractivity contribution in [2.24, 2.45) is 5.73 Å². The van der Waals surface area contributed by atoms with Gasteiger partial charge in [0, 0.05) is 22.8 Å². The highest BCUT2D eigenvalue weighted by Gasteiger charge is 2.31. The van der Waals surface area contributed by atoms with Crippen molar-refractivity contribution in [3.8, 4) is 17.0 Å². The maximum absolute atomic E-state index is 12.7. The number of primary amides is 1. The summed E-state index contributed by atoms with van der Waals surface area (Å²) in [5.41, 5.74) is 7.58. The predicted octanol–water partition coefficient (Wildman–Crippen LogP) is 4.25. The standard InChI is InChI=1S/C21H17ClF3N5O3/c22-13-3-1-2-12(10-13)18-17(19(26)31)16-11-29(8-9-30(16)28-18)20(32)27-14-4-6-15(7-5-14)33-21(23,24)25/h1-7,10H,8-9,11H2,(H2,26,31)(H,27,32). The van der Waals surface area contributed by atoms with Gasteiger partial charge in [0.05, 0.1) is 24.3 Å². The van der Waals surface area contributed by atoms with Crippen molar-refractivity contribution in [1.82, 2.24) is 14.7 Å². The molecule has 0 fully saturated rings. The Hall–Kier alpha value is -3.73. The van der Waals surface area contributed by atoms with E-state index in [0.29, 0.717) is 35.1 Å². The minimum Gasteiger partial charge on any atom is -0.406 e. The number of nitrogens with zero attached hydrogens (tertiary/aromatic N) is 3. The Morgan fingerprint density at radius 1 is 1.12 bits per heavy atom. The molecule has 2 aromatic carbocycles. The molecule has 0 atom stereocenters. The molecule has 1 aromatic heterocycles. The van der Waals surface area contributed by atoms with Gasteiger partial charge in [-0.15, -0.1) is 13.2 Å². The summed E-state index contributed by atoms with van der Waals surface area (Å²) in [5, 5.41) is 7.58.